The van der Waals surface area contributed by atoms with Crippen molar-refractivity contribution in [3.63, 3.8) is 0 Å². The lowest BCUT2D eigenvalue weighted by atomic mass is 10.2. The predicted molar refractivity (Wildman–Crippen MR) is 68.6 cm³/mol. The Hall–Kier alpha value is -1.29. The van der Waals surface area contributed by atoms with Gasteiger partial charge in [-0.15, -0.1) is 0 Å². The van der Waals surface area contributed by atoms with Gasteiger partial charge in [0.05, 0.1) is 25.6 Å². The molecule has 1 saturated heterocycles. The van der Waals surface area contributed by atoms with E-state index in [4.69, 9.17) is 10.6 Å². The van der Waals surface area contributed by atoms with Gasteiger partial charge in [0.1, 0.15) is 4.90 Å². The van der Waals surface area contributed by atoms with Gasteiger partial charge in [-0.25, -0.2) is 24.2 Å². The number of nitrogens with zero attached hydrogens (tertiary/aromatic N) is 3. The molecule has 0 spiro atoms. The number of nitrogens with one attached hydrogen (secondary N) is 1. The van der Waals surface area contributed by atoms with Crippen molar-refractivity contribution in [3.05, 3.63) is 12.4 Å². The van der Waals surface area contributed by atoms with Gasteiger partial charge in [-0.05, 0) is 6.42 Å². The normalized spacial score (nSPS) is 21.3. The smallest absolute Gasteiger partial charge is 0.246 e. The van der Waals surface area contributed by atoms with Crippen molar-refractivity contribution >= 4 is 16.0 Å². The van der Waals surface area contributed by atoms with Crippen LogP contribution in [0.25, 0.3) is 0 Å². The van der Waals surface area contributed by atoms with Crippen molar-refractivity contribution in [2.24, 2.45) is 5.84 Å². The van der Waals surface area contributed by atoms with Gasteiger partial charge in [0.2, 0.25) is 16.0 Å². The number of anilines is 1. The Morgan fingerprint density at radius 1 is 1.53 bits per heavy atom. The first-order chi connectivity index (χ1) is 9.09. The van der Waals surface area contributed by atoms with Crippen LogP contribution in [-0.4, -0.2) is 48.5 Å². The molecule has 8 nitrogen and oxygen atoms in total. The molecule has 1 unspecified atom stereocenters. The van der Waals surface area contributed by atoms with Crippen LogP contribution < -0.4 is 11.3 Å². The number of sulfonamides is 1. The van der Waals surface area contributed by atoms with Gasteiger partial charge < -0.3 is 4.74 Å². The third-order valence-electron chi connectivity index (χ3n) is 3.01. The number of hydrogen-bond acceptors (Lipinski definition) is 7. The first kappa shape index (κ1) is 14.1. The Kier molecular flexibility index (Phi) is 4.30. The van der Waals surface area contributed by atoms with E-state index in [0.717, 1.165) is 0 Å². The molecule has 106 valence electrons. The summed E-state index contributed by atoms with van der Waals surface area (Å²) >= 11 is 0. The molecule has 2 heterocycles. The highest BCUT2D eigenvalue weighted by Gasteiger charge is 2.33. The second-order valence-electron chi connectivity index (χ2n) is 4.14. The van der Waals surface area contributed by atoms with Crippen LogP contribution in [0.5, 0.6) is 0 Å². The summed E-state index contributed by atoms with van der Waals surface area (Å²) in [4.78, 5) is 7.71. The molecule has 3 N–H and O–H groups in total. The number of rotatable bonds is 4. The number of nitrogens with two attached hydrogens (primary N) is 1. The number of aromatic nitrogens is 2. The molecule has 0 bridgehead atoms. The molecule has 9 heteroatoms. The van der Waals surface area contributed by atoms with Crippen molar-refractivity contribution in [2.75, 3.05) is 25.2 Å². The van der Waals surface area contributed by atoms with E-state index in [9.17, 15) is 8.42 Å². The highest BCUT2D eigenvalue weighted by Crippen LogP contribution is 2.21. The van der Waals surface area contributed by atoms with E-state index in [1.54, 1.807) is 0 Å². The number of ether oxygens (including phenoxy) is 1. The molecule has 1 aliphatic heterocycles. The van der Waals surface area contributed by atoms with E-state index in [1.165, 1.54) is 16.7 Å². The molecule has 0 saturated carbocycles. The Bertz CT molecular complexity index is 518. The lowest BCUT2D eigenvalue weighted by molar-refractivity contribution is 0.0314. The highest BCUT2D eigenvalue weighted by molar-refractivity contribution is 7.89. The lowest BCUT2D eigenvalue weighted by Crippen LogP contribution is -2.48. The van der Waals surface area contributed by atoms with Crippen molar-refractivity contribution in [3.8, 4) is 0 Å². The average molecular weight is 287 g/mol. The van der Waals surface area contributed by atoms with Crippen LogP contribution in [0, 0.1) is 0 Å². The molecular formula is C10H17N5O3S. The quantitative estimate of drug-likeness (QED) is 0.570. The van der Waals surface area contributed by atoms with E-state index in [-0.39, 0.29) is 16.9 Å². The summed E-state index contributed by atoms with van der Waals surface area (Å²) in [5, 5.41) is 0. The van der Waals surface area contributed by atoms with Gasteiger partial charge in [0.25, 0.3) is 0 Å². The summed E-state index contributed by atoms with van der Waals surface area (Å²) in [6, 6.07) is -0.147. The predicted octanol–water partition coefficient (Wildman–Crippen LogP) is -0.438. The minimum Gasteiger partial charge on any atom is -0.378 e. The SMILES string of the molecule is CCC1COCCN1S(=O)(=O)c1cnc(NN)nc1. The third-order valence-corrected chi connectivity index (χ3v) is 4.91. The molecule has 2 rings (SSSR count). The van der Waals surface area contributed by atoms with E-state index in [0.29, 0.717) is 26.2 Å². The van der Waals surface area contributed by atoms with Gasteiger partial charge in [0, 0.05) is 12.6 Å². The highest BCUT2D eigenvalue weighted by atomic mass is 32.2. The van der Waals surface area contributed by atoms with Gasteiger partial charge >= 0.3 is 0 Å². The van der Waals surface area contributed by atoms with E-state index in [2.05, 4.69) is 15.4 Å². The molecule has 1 aromatic heterocycles. The topological polar surface area (TPSA) is 110 Å². The van der Waals surface area contributed by atoms with Crippen LogP contribution in [0.4, 0.5) is 5.95 Å². The minimum absolute atomic E-state index is 0.0619. The van der Waals surface area contributed by atoms with Crippen molar-refractivity contribution in [1.29, 1.82) is 0 Å². The summed E-state index contributed by atoms with van der Waals surface area (Å²) < 4.78 is 31.7. The Balaban J connectivity index is 2.29. The van der Waals surface area contributed by atoms with Crippen LogP contribution in [0.2, 0.25) is 0 Å². The maximum Gasteiger partial charge on any atom is 0.246 e. The summed E-state index contributed by atoms with van der Waals surface area (Å²) in [5.41, 5.74) is 2.25. The fourth-order valence-corrected chi connectivity index (χ4v) is 3.50. The Labute approximate surface area is 112 Å². The second kappa shape index (κ2) is 5.78. The molecule has 0 aliphatic carbocycles. The van der Waals surface area contributed by atoms with Crippen LogP contribution in [-0.2, 0) is 14.8 Å². The number of hydrazine groups is 1. The van der Waals surface area contributed by atoms with E-state index >= 15 is 0 Å². The maximum absolute atomic E-state index is 12.5. The van der Waals surface area contributed by atoms with Crippen molar-refractivity contribution in [1.82, 2.24) is 14.3 Å². The molecular weight excluding hydrogens is 270 g/mol. The second-order valence-corrected chi connectivity index (χ2v) is 6.03. The first-order valence-electron chi connectivity index (χ1n) is 5.98. The van der Waals surface area contributed by atoms with Gasteiger partial charge in [0.15, 0.2) is 0 Å². The average Bonchev–Trinajstić information content (AvgIpc) is 2.47. The number of hydrogen-bond donors (Lipinski definition) is 2. The molecule has 1 fully saturated rings. The molecule has 0 radical (unpaired) electrons. The molecule has 0 amide bonds. The summed E-state index contributed by atoms with van der Waals surface area (Å²) in [6.07, 6.45) is 3.20. The minimum atomic E-state index is -3.59. The first-order valence-corrected chi connectivity index (χ1v) is 7.42. The molecule has 1 aromatic rings. The zero-order chi connectivity index (χ0) is 13.9. The lowest BCUT2D eigenvalue weighted by Gasteiger charge is -2.33. The zero-order valence-corrected chi connectivity index (χ0v) is 11.4. The molecule has 19 heavy (non-hydrogen) atoms. The van der Waals surface area contributed by atoms with Crippen molar-refractivity contribution < 1.29 is 13.2 Å². The Morgan fingerprint density at radius 2 is 2.21 bits per heavy atom. The zero-order valence-electron chi connectivity index (χ0n) is 10.6. The van der Waals surface area contributed by atoms with Gasteiger partial charge in [-0.3, -0.25) is 5.43 Å². The van der Waals surface area contributed by atoms with E-state index in [1.807, 2.05) is 6.92 Å². The standard InChI is InChI=1S/C10H17N5O3S/c1-2-8-7-18-4-3-15(8)19(16,17)9-5-12-10(14-11)13-6-9/h5-6,8H,2-4,7,11H2,1H3,(H,12,13,14). The summed E-state index contributed by atoms with van der Waals surface area (Å²) in [7, 11) is -3.59. The summed E-state index contributed by atoms with van der Waals surface area (Å²) in [5.74, 6) is 5.32. The Morgan fingerprint density at radius 3 is 2.79 bits per heavy atom. The van der Waals surface area contributed by atoms with E-state index < -0.39 is 10.0 Å². The van der Waals surface area contributed by atoms with Crippen LogP contribution in [0.3, 0.4) is 0 Å². The molecule has 0 aromatic carbocycles. The molecule has 1 aliphatic rings. The molecule has 1 atom stereocenters. The maximum atomic E-state index is 12.5. The fraction of sp³-hybridized carbons (Fsp3) is 0.600. The van der Waals surface area contributed by atoms with Crippen LogP contribution in [0.1, 0.15) is 13.3 Å². The van der Waals surface area contributed by atoms with Gasteiger partial charge in [-0.2, -0.15) is 4.31 Å². The van der Waals surface area contributed by atoms with Crippen LogP contribution >= 0.6 is 0 Å². The van der Waals surface area contributed by atoms with Gasteiger partial charge in [-0.1, -0.05) is 6.92 Å². The van der Waals surface area contributed by atoms with Crippen LogP contribution in [0.15, 0.2) is 17.3 Å². The fourth-order valence-electron chi connectivity index (χ4n) is 1.94. The third kappa shape index (κ3) is 2.84. The largest absolute Gasteiger partial charge is 0.378 e. The monoisotopic (exact) mass is 287 g/mol. The van der Waals surface area contributed by atoms with Crippen molar-refractivity contribution in [2.45, 2.75) is 24.3 Å². The number of morpholine rings is 1. The summed E-state index contributed by atoms with van der Waals surface area (Å²) in [6.45, 7) is 3.09. The number of nitrogen functional groups attached to an aromatic ring is 1.